The highest BCUT2D eigenvalue weighted by Gasteiger charge is 2.34. The second kappa shape index (κ2) is 5.15. The smallest absolute Gasteiger partial charge is 0.245 e. The van der Waals surface area contributed by atoms with Gasteiger partial charge in [0, 0.05) is 18.8 Å². The molecule has 1 saturated heterocycles. The number of hydrogen-bond acceptors (Lipinski definition) is 3. The van der Waals surface area contributed by atoms with Crippen molar-refractivity contribution in [3.05, 3.63) is 29.8 Å². The van der Waals surface area contributed by atoms with E-state index in [0.717, 1.165) is 18.5 Å². The zero-order chi connectivity index (χ0) is 14.1. The van der Waals surface area contributed by atoms with E-state index in [0.29, 0.717) is 13.1 Å². The Morgan fingerprint density at radius 2 is 2.15 bits per heavy atom. The zero-order valence-electron chi connectivity index (χ0n) is 11.6. The van der Waals surface area contributed by atoms with Crippen LogP contribution in [0.5, 0.6) is 0 Å². The summed E-state index contributed by atoms with van der Waals surface area (Å²) < 4.78 is 0. The topological polar surface area (TPSA) is 61.4 Å². The van der Waals surface area contributed by atoms with E-state index in [4.69, 9.17) is 0 Å². The summed E-state index contributed by atoms with van der Waals surface area (Å²) in [6.45, 7) is 2.91. The standard InChI is InChI=1S/C15H19N3O2/c1-10-14(19)16-8-9-18(10)15(20)13-7-6-11-4-2-3-5-12(11)17-13/h2-5,10,13,17H,6-9H2,1H3,(H,16,19). The van der Waals surface area contributed by atoms with Gasteiger partial charge in [-0.15, -0.1) is 0 Å². The van der Waals surface area contributed by atoms with E-state index < -0.39 is 0 Å². The van der Waals surface area contributed by atoms with Crippen molar-refractivity contribution in [3.63, 3.8) is 0 Å². The third-order valence-corrected chi connectivity index (χ3v) is 4.13. The highest BCUT2D eigenvalue weighted by Crippen LogP contribution is 2.25. The second-order valence-corrected chi connectivity index (χ2v) is 5.39. The van der Waals surface area contributed by atoms with Crippen molar-refractivity contribution < 1.29 is 9.59 Å². The van der Waals surface area contributed by atoms with E-state index in [1.165, 1.54) is 5.56 Å². The van der Waals surface area contributed by atoms with Gasteiger partial charge in [0.25, 0.3) is 0 Å². The SMILES string of the molecule is CC1C(=O)NCCN1C(=O)C1CCc2ccccc2N1. The molecule has 0 aromatic heterocycles. The molecular formula is C15H19N3O2. The number of aryl methyl sites for hydroxylation is 1. The number of carbonyl (C=O) groups excluding carboxylic acids is 2. The maximum absolute atomic E-state index is 12.6. The van der Waals surface area contributed by atoms with Crippen molar-refractivity contribution in [1.29, 1.82) is 0 Å². The Hall–Kier alpha value is -2.04. The predicted molar refractivity (Wildman–Crippen MR) is 76.4 cm³/mol. The molecule has 0 aliphatic carbocycles. The number of anilines is 1. The molecule has 5 heteroatoms. The number of carbonyl (C=O) groups is 2. The fourth-order valence-electron chi connectivity index (χ4n) is 2.91. The van der Waals surface area contributed by atoms with E-state index in [1.807, 2.05) is 18.2 Å². The van der Waals surface area contributed by atoms with Gasteiger partial charge in [-0.05, 0) is 31.4 Å². The first-order valence-electron chi connectivity index (χ1n) is 7.09. The molecule has 2 N–H and O–H groups in total. The fourth-order valence-corrected chi connectivity index (χ4v) is 2.91. The summed E-state index contributed by atoms with van der Waals surface area (Å²) in [5.41, 5.74) is 2.28. The molecule has 5 nitrogen and oxygen atoms in total. The number of nitrogens with zero attached hydrogens (tertiary/aromatic N) is 1. The lowest BCUT2D eigenvalue weighted by Crippen LogP contribution is -2.59. The molecule has 2 atom stereocenters. The molecule has 1 aromatic carbocycles. The summed E-state index contributed by atoms with van der Waals surface area (Å²) in [4.78, 5) is 26.0. The predicted octanol–water partition coefficient (Wildman–Crippen LogP) is 0.760. The van der Waals surface area contributed by atoms with E-state index in [2.05, 4.69) is 16.7 Å². The number of amides is 2. The van der Waals surface area contributed by atoms with Gasteiger partial charge < -0.3 is 15.5 Å². The van der Waals surface area contributed by atoms with Crippen molar-refractivity contribution in [2.45, 2.75) is 31.8 Å². The Bertz CT molecular complexity index is 544. The summed E-state index contributed by atoms with van der Waals surface area (Å²) in [5, 5.41) is 6.09. The van der Waals surface area contributed by atoms with Crippen LogP contribution in [0.2, 0.25) is 0 Å². The fraction of sp³-hybridized carbons (Fsp3) is 0.467. The summed E-state index contributed by atoms with van der Waals surface area (Å²) in [6.07, 6.45) is 1.68. The second-order valence-electron chi connectivity index (χ2n) is 5.39. The molecule has 2 heterocycles. The number of fused-ring (bicyclic) bond motifs is 1. The van der Waals surface area contributed by atoms with Crippen molar-refractivity contribution in [3.8, 4) is 0 Å². The van der Waals surface area contributed by atoms with Crippen molar-refractivity contribution in [2.24, 2.45) is 0 Å². The maximum atomic E-state index is 12.6. The zero-order valence-corrected chi connectivity index (χ0v) is 11.6. The van der Waals surface area contributed by atoms with Gasteiger partial charge in [-0.1, -0.05) is 18.2 Å². The molecule has 0 spiro atoms. The van der Waals surface area contributed by atoms with Crippen LogP contribution < -0.4 is 10.6 Å². The van der Waals surface area contributed by atoms with Crippen molar-refractivity contribution in [1.82, 2.24) is 10.2 Å². The number of rotatable bonds is 1. The number of hydrogen-bond donors (Lipinski definition) is 2. The third kappa shape index (κ3) is 2.24. The molecule has 0 radical (unpaired) electrons. The number of piperazine rings is 1. The Kier molecular flexibility index (Phi) is 3.34. The lowest BCUT2D eigenvalue weighted by molar-refractivity contribution is -0.143. The molecule has 1 aromatic rings. The molecule has 0 saturated carbocycles. The van der Waals surface area contributed by atoms with E-state index in [9.17, 15) is 9.59 Å². The van der Waals surface area contributed by atoms with E-state index in [-0.39, 0.29) is 23.9 Å². The lowest BCUT2D eigenvalue weighted by Gasteiger charge is -2.37. The van der Waals surface area contributed by atoms with E-state index >= 15 is 0 Å². The average Bonchev–Trinajstić information content (AvgIpc) is 2.49. The van der Waals surface area contributed by atoms with Gasteiger partial charge in [0.1, 0.15) is 12.1 Å². The molecule has 2 amide bonds. The number of para-hydroxylation sites is 1. The van der Waals surface area contributed by atoms with Crippen LogP contribution in [-0.4, -0.2) is 41.9 Å². The van der Waals surface area contributed by atoms with Crippen molar-refractivity contribution in [2.75, 3.05) is 18.4 Å². The minimum absolute atomic E-state index is 0.0295. The Morgan fingerprint density at radius 1 is 1.35 bits per heavy atom. The lowest BCUT2D eigenvalue weighted by atomic mass is 9.97. The Labute approximate surface area is 118 Å². The highest BCUT2D eigenvalue weighted by atomic mass is 16.2. The molecule has 20 heavy (non-hydrogen) atoms. The van der Waals surface area contributed by atoms with Crippen LogP contribution >= 0.6 is 0 Å². The molecule has 2 aliphatic rings. The average molecular weight is 273 g/mol. The first-order chi connectivity index (χ1) is 9.66. The van der Waals surface area contributed by atoms with Crippen LogP contribution in [-0.2, 0) is 16.0 Å². The molecule has 2 aliphatic heterocycles. The molecule has 1 fully saturated rings. The van der Waals surface area contributed by atoms with Crippen LogP contribution in [0, 0.1) is 0 Å². The minimum Gasteiger partial charge on any atom is -0.373 e. The van der Waals surface area contributed by atoms with Gasteiger partial charge in [-0.3, -0.25) is 9.59 Å². The molecule has 3 rings (SSSR count). The number of nitrogens with one attached hydrogen (secondary N) is 2. The van der Waals surface area contributed by atoms with Gasteiger partial charge in [0.05, 0.1) is 0 Å². The Balaban J connectivity index is 1.74. The van der Waals surface area contributed by atoms with Crippen LogP contribution in [0.15, 0.2) is 24.3 Å². The van der Waals surface area contributed by atoms with Crippen LogP contribution in [0.4, 0.5) is 5.69 Å². The first kappa shape index (κ1) is 13.0. The quantitative estimate of drug-likeness (QED) is 0.794. The molecular weight excluding hydrogens is 254 g/mol. The molecule has 106 valence electrons. The van der Waals surface area contributed by atoms with Crippen molar-refractivity contribution >= 4 is 17.5 Å². The van der Waals surface area contributed by atoms with Crippen LogP contribution in [0.1, 0.15) is 18.9 Å². The van der Waals surface area contributed by atoms with E-state index in [1.54, 1.807) is 11.8 Å². The largest absolute Gasteiger partial charge is 0.373 e. The summed E-state index contributed by atoms with van der Waals surface area (Å²) in [6, 6.07) is 7.46. The monoisotopic (exact) mass is 273 g/mol. The molecule has 0 bridgehead atoms. The highest BCUT2D eigenvalue weighted by molar-refractivity contribution is 5.92. The summed E-state index contributed by atoms with van der Waals surface area (Å²) >= 11 is 0. The van der Waals surface area contributed by atoms with Crippen LogP contribution in [0.25, 0.3) is 0 Å². The first-order valence-corrected chi connectivity index (χ1v) is 7.09. The van der Waals surface area contributed by atoms with Gasteiger partial charge in [-0.25, -0.2) is 0 Å². The summed E-state index contributed by atoms with van der Waals surface area (Å²) in [7, 11) is 0. The minimum atomic E-state index is -0.379. The van der Waals surface area contributed by atoms with Crippen LogP contribution in [0.3, 0.4) is 0 Å². The molecule has 2 unspecified atom stereocenters. The normalized spacial score (nSPS) is 25.4. The Morgan fingerprint density at radius 3 is 3.00 bits per heavy atom. The van der Waals surface area contributed by atoms with Gasteiger partial charge in [-0.2, -0.15) is 0 Å². The van der Waals surface area contributed by atoms with Gasteiger partial charge >= 0.3 is 0 Å². The third-order valence-electron chi connectivity index (χ3n) is 4.13. The summed E-state index contributed by atoms with van der Waals surface area (Å²) in [5.74, 6) is -0.0392. The maximum Gasteiger partial charge on any atom is 0.245 e. The number of benzene rings is 1. The van der Waals surface area contributed by atoms with Gasteiger partial charge in [0.15, 0.2) is 0 Å². The van der Waals surface area contributed by atoms with Gasteiger partial charge in [0.2, 0.25) is 11.8 Å².